The number of carboxylic acid groups (broad SMARTS) is 1. The maximum atomic E-state index is 12.0. The summed E-state index contributed by atoms with van der Waals surface area (Å²) in [5.41, 5.74) is -0.673. The van der Waals surface area contributed by atoms with Crippen LogP contribution in [0.2, 0.25) is 0 Å². The van der Waals surface area contributed by atoms with Crippen LogP contribution in [0.4, 0.5) is 0 Å². The van der Waals surface area contributed by atoms with E-state index in [2.05, 4.69) is 12.2 Å². The quantitative estimate of drug-likeness (QED) is 0.749. The number of aliphatic carboxylic acids is 1. The van der Waals surface area contributed by atoms with Gasteiger partial charge >= 0.3 is 5.97 Å². The topological polar surface area (TPSA) is 69.6 Å². The van der Waals surface area contributed by atoms with Gasteiger partial charge in [-0.2, -0.15) is 0 Å². The van der Waals surface area contributed by atoms with Crippen molar-refractivity contribution < 1.29 is 14.7 Å². The first-order valence-corrected chi connectivity index (χ1v) is 7.68. The van der Waals surface area contributed by atoms with Crippen molar-refractivity contribution in [3.63, 3.8) is 0 Å². The van der Waals surface area contributed by atoms with Crippen molar-refractivity contribution in [1.29, 1.82) is 0 Å². The molecule has 1 saturated heterocycles. The predicted octanol–water partition coefficient (Wildman–Crippen LogP) is 1.87. The van der Waals surface area contributed by atoms with Gasteiger partial charge in [-0.25, -0.2) is 0 Å². The van der Waals surface area contributed by atoms with E-state index in [0.717, 1.165) is 25.8 Å². The van der Waals surface area contributed by atoms with Crippen LogP contribution < -0.4 is 5.32 Å². The summed E-state index contributed by atoms with van der Waals surface area (Å²) in [6.45, 7) is 7.62. The summed E-state index contributed by atoms with van der Waals surface area (Å²) in [5, 5.41) is 12.4. The predicted molar refractivity (Wildman–Crippen MR) is 78.5 cm³/mol. The molecule has 1 amide bonds. The lowest BCUT2D eigenvalue weighted by Gasteiger charge is -2.39. The standard InChI is InChI=1S/C15H28N2O3/c1-4-7-12(3)16-13(18)10-17-9-6-8-15(5-2,11-17)14(19)20/h12H,4-11H2,1-3H3,(H,16,18)(H,19,20). The highest BCUT2D eigenvalue weighted by Gasteiger charge is 2.41. The Balaban J connectivity index is 2.51. The summed E-state index contributed by atoms with van der Waals surface area (Å²) in [4.78, 5) is 25.4. The summed E-state index contributed by atoms with van der Waals surface area (Å²) in [6.07, 6.45) is 4.19. The van der Waals surface area contributed by atoms with Crippen molar-refractivity contribution in [3.05, 3.63) is 0 Å². The molecule has 2 atom stereocenters. The van der Waals surface area contributed by atoms with Gasteiger partial charge in [0.2, 0.25) is 5.91 Å². The van der Waals surface area contributed by atoms with Gasteiger partial charge in [0, 0.05) is 12.6 Å². The Morgan fingerprint density at radius 2 is 2.10 bits per heavy atom. The zero-order chi connectivity index (χ0) is 15.2. The molecule has 5 nitrogen and oxygen atoms in total. The molecule has 0 aromatic carbocycles. The molecule has 5 heteroatoms. The molecule has 1 fully saturated rings. The minimum absolute atomic E-state index is 0.00300. The van der Waals surface area contributed by atoms with Gasteiger partial charge in [-0.3, -0.25) is 14.5 Å². The first kappa shape index (κ1) is 17.0. The molecular weight excluding hydrogens is 256 g/mol. The zero-order valence-corrected chi connectivity index (χ0v) is 12.9. The fourth-order valence-electron chi connectivity index (χ4n) is 3.01. The third-order valence-electron chi connectivity index (χ3n) is 4.28. The number of hydrogen-bond donors (Lipinski definition) is 2. The maximum absolute atomic E-state index is 12.0. The molecule has 0 aromatic heterocycles. The number of likely N-dealkylation sites (tertiary alicyclic amines) is 1. The molecule has 2 N–H and O–H groups in total. The number of nitrogens with zero attached hydrogens (tertiary/aromatic N) is 1. The molecule has 1 aliphatic rings. The van der Waals surface area contributed by atoms with Crippen LogP contribution in [0.15, 0.2) is 0 Å². The molecule has 0 aliphatic carbocycles. The SMILES string of the molecule is CCCC(C)NC(=O)CN1CCCC(CC)(C(=O)O)C1. The van der Waals surface area contributed by atoms with Crippen LogP contribution in [0.5, 0.6) is 0 Å². The van der Waals surface area contributed by atoms with Gasteiger partial charge in [-0.15, -0.1) is 0 Å². The fraction of sp³-hybridized carbons (Fsp3) is 0.867. The molecule has 1 aliphatic heterocycles. The van der Waals surface area contributed by atoms with Gasteiger partial charge in [0.05, 0.1) is 12.0 Å². The number of rotatable bonds is 7. The van der Waals surface area contributed by atoms with Crippen molar-refractivity contribution in [2.75, 3.05) is 19.6 Å². The second kappa shape index (κ2) is 7.62. The minimum Gasteiger partial charge on any atom is -0.481 e. The highest BCUT2D eigenvalue weighted by molar-refractivity contribution is 5.79. The normalized spacial score (nSPS) is 25.1. The fourth-order valence-corrected chi connectivity index (χ4v) is 3.01. The second-order valence-electron chi connectivity index (χ2n) is 6.01. The van der Waals surface area contributed by atoms with Crippen LogP contribution in [-0.2, 0) is 9.59 Å². The van der Waals surface area contributed by atoms with Crippen molar-refractivity contribution in [3.8, 4) is 0 Å². The van der Waals surface area contributed by atoms with Gasteiger partial charge in [0.1, 0.15) is 0 Å². The number of hydrogen-bond acceptors (Lipinski definition) is 3. The number of carbonyl (C=O) groups excluding carboxylic acids is 1. The molecule has 0 bridgehead atoms. The van der Waals surface area contributed by atoms with Crippen LogP contribution in [0, 0.1) is 5.41 Å². The van der Waals surface area contributed by atoms with Gasteiger partial charge < -0.3 is 10.4 Å². The van der Waals surface area contributed by atoms with E-state index >= 15 is 0 Å². The van der Waals surface area contributed by atoms with Crippen molar-refractivity contribution in [2.45, 2.75) is 58.9 Å². The lowest BCUT2D eigenvalue weighted by atomic mass is 9.77. The highest BCUT2D eigenvalue weighted by Crippen LogP contribution is 2.33. The Morgan fingerprint density at radius 1 is 1.40 bits per heavy atom. The maximum Gasteiger partial charge on any atom is 0.310 e. The first-order chi connectivity index (χ1) is 9.43. The van der Waals surface area contributed by atoms with Crippen LogP contribution >= 0.6 is 0 Å². The molecule has 2 unspecified atom stereocenters. The number of piperidine rings is 1. The Bertz CT molecular complexity index is 346. The average Bonchev–Trinajstić information content (AvgIpc) is 2.38. The lowest BCUT2D eigenvalue weighted by Crippen LogP contribution is -2.51. The monoisotopic (exact) mass is 284 g/mol. The summed E-state index contributed by atoms with van der Waals surface area (Å²) < 4.78 is 0. The van der Waals surface area contributed by atoms with Crippen LogP contribution in [-0.4, -0.2) is 47.6 Å². The minimum atomic E-state index is -0.732. The molecule has 0 aromatic rings. The third kappa shape index (κ3) is 4.47. The molecular formula is C15H28N2O3. The van der Waals surface area contributed by atoms with Crippen LogP contribution in [0.25, 0.3) is 0 Å². The van der Waals surface area contributed by atoms with E-state index in [1.54, 1.807) is 0 Å². The highest BCUT2D eigenvalue weighted by atomic mass is 16.4. The number of carbonyl (C=O) groups is 2. The molecule has 0 saturated carbocycles. The number of carboxylic acids is 1. The molecule has 20 heavy (non-hydrogen) atoms. The Hall–Kier alpha value is -1.10. The molecule has 0 radical (unpaired) electrons. The van der Waals surface area contributed by atoms with Crippen LogP contribution in [0.3, 0.4) is 0 Å². The largest absolute Gasteiger partial charge is 0.481 e. The van der Waals surface area contributed by atoms with E-state index in [1.165, 1.54) is 0 Å². The smallest absolute Gasteiger partial charge is 0.310 e. The molecule has 0 spiro atoms. The third-order valence-corrected chi connectivity index (χ3v) is 4.28. The molecule has 1 heterocycles. The van der Waals surface area contributed by atoms with E-state index < -0.39 is 11.4 Å². The van der Waals surface area contributed by atoms with Gasteiger partial charge in [-0.05, 0) is 39.2 Å². The summed E-state index contributed by atoms with van der Waals surface area (Å²) in [6, 6.07) is 0.188. The van der Waals surface area contributed by atoms with Gasteiger partial charge in [0.15, 0.2) is 0 Å². The molecule has 116 valence electrons. The Kier molecular flexibility index (Phi) is 6.46. The van der Waals surface area contributed by atoms with Crippen LogP contribution in [0.1, 0.15) is 52.9 Å². The van der Waals surface area contributed by atoms with Gasteiger partial charge in [0.25, 0.3) is 0 Å². The Morgan fingerprint density at radius 3 is 2.65 bits per heavy atom. The summed E-state index contributed by atoms with van der Waals surface area (Å²) in [7, 11) is 0. The Labute approximate surface area is 121 Å². The van der Waals surface area contributed by atoms with Crippen molar-refractivity contribution in [1.82, 2.24) is 10.2 Å². The first-order valence-electron chi connectivity index (χ1n) is 7.68. The van der Waals surface area contributed by atoms with E-state index in [4.69, 9.17) is 0 Å². The average molecular weight is 284 g/mol. The van der Waals surface area contributed by atoms with E-state index in [1.807, 2.05) is 18.7 Å². The zero-order valence-electron chi connectivity index (χ0n) is 12.9. The molecule has 1 rings (SSSR count). The van der Waals surface area contributed by atoms with Gasteiger partial charge in [-0.1, -0.05) is 20.3 Å². The second-order valence-corrected chi connectivity index (χ2v) is 6.01. The van der Waals surface area contributed by atoms with Crippen molar-refractivity contribution in [2.24, 2.45) is 5.41 Å². The number of amides is 1. The number of nitrogens with one attached hydrogen (secondary N) is 1. The summed E-state index contributed by atoms with van der Waals surface area (Å²) >= 11 is 0. The van der Waals surface area contributed by atoms with Crippen molar-refractivity contribution >= 4 is 11.9 Å². The van der Waals surface area contributed by atoms with E-state index in [9.17, 15) is 14.7 Å². The van der Waals surface area contributed by atoms with E-state index in [-0.39, 0.29) is 11.9 Å². The summed E-state index contributed by atoms with van der Waals surface area (Å²) in [5.74, 6) is -0.729. The van der Waals surface area contributed by atoms with E-state index in [0.29, 0.717) is 25.9 Å². The lowest BCUT2D eigenvalue weighted by molar-refractivity contribution is -0.153.